The first-order valence-electron chi connectivity index (χ1n) is 8.31. The molecule has 4 rings (SSSR count). The molecule has 1 fully saturated rings. The van der Waals surface area contributed by atoms with Crippen LogP contribution < -0.4 is 9.47 Å². The van der Waals surface area contributed by atoms with Crippen LogP contribution in [-0.2, 0) is 0 Å². The number of aromatic amines is 1. The van der Waals surface area contributed by atoms with E-state index in [4.69, 9.17) is 9.47 Å². The van der Waals surface area contributed by atoms with Crippen molar-refractivity contribution < 1.29 is 14.3 Å². The van der Waals surface area contributed by atoms with Gasteiger partial charge < -0.3 is 14.5 Å². The van der Waals surface area contributed by atoms with E-state index in [0.29, 0.717) is 28.4 Å². The van der Waals surface area contributed by atoms with Crippen molar-refractivity contribution in [2.24, 2.45) is 5.92 Å². The van der Waals surface area contributed by atoms with Crippen LogP contribution in [-0.4, -0.2) is 35.0 Å². The summed E-state index contributed by atoms with van der Waals surface area (Å²) < 4.78 is 11.4. The molecule has 1 saturated carbocycles. The van der Waals surface area contributed by atoms with Gasteiger partial charge in [0.15, 0.2) is 6.29 Å². The maximum absolute atomic E-state index is 11.3. The summed E-state index contributed by atoms with van der Waals surface area (Å²) in [5.74, 6) is 2.15. The zero-order valence-corrected chi connectivity index (χ0v) is 14.2. The number of rotatable bonds is 6. The van der Waals surface area contributed by atoms with Crippen molar-refractivity contribution in [1.82, 2.24) is 15.0 Å². The smallest absolute Gasteiger partial charge is 0.154 e. The lowest BCUT2D eigenvalue weighted by molar-refractivity contribution is 0.112. The number of aryl methyl sites for hydroxylation is 1. The minimum absolute atomic E-state index is 0.557. The van der Waals surface area contributed by atoms with Crippen molar-refractivity contribution in [2.45, 2.75) is 19.8 Å². The van der Waals surface area contributed by atoms with E-state index in [1.807, 2.05) is 25.1 Å². The first-order chi connectivity index (χ1) is 12.2. The highest BCUT2D eigenvalue weighted by molar-refractivity contribution is 6.01. The predicted molar refractivity (Wildman–Crippen MR) is 94.2 cm³/mol. The summed E-state index contributed by atoms with van der Waals surface area (Å²) in [6.45, 7) is 2.60. The summed E-state index contributed by atoms with van der Waals surface area (Å²) in [4.78, 5) is 23.2. The average molecular weight is 337 g/mol. The molecule has 0 bridgehead atoms. The normalized spacial score (nSPS) is 13.8. The van der Waals surface area contributed by atoms with Gasteiger partial charge in [-0.1, -0.05) is 0 Å². The number of nitrogens with one attached hydrogen (secondary N) is 1. The summed E-state index contributed by atoms with van der Waals surface area (Å²) in [6.07, 6.45) is 4.78. The fraction of sp³-hybridized carbons (Fsp3) is 0.316. The lowest BCUT2D eigenvalue weighted by Crippen LogP contribution is -2.00. The van der Waals surface area contributed by atoms with Crippen LogP contribution in [0.1, 0.15) is 28.9 Å². The van der Waals surface area contributed by atoms with Crippen LogP contribution in [0, 0.1) is 12.8 Å². The second kappa shape index (κ2) is 6.20. The minimum atomic E-state index is 0.557. The Morgan fingerprint density at radius 2 is 2.16 bits per heavy atom. The van der Waals surface area contributed by atoms with Crippen molar-refractivity contribution in [3.8, 4) is 22.8 Å². The van der Waals surface area contributed by atoms with Gasteiger partial charge in [0.25, 0.3) is 0 Å². The van der Waals surface area contributed by atoms with E-state index in [0.717, 1.165) is 35.4 Å². The third-order valence-corrected chi connectivity index (χ3v) is 4.55. The number of H-pyrrole nitrogens is 1. The van der Waals surface area contributed by atoms with E-state index in [9.17, 15) is 4.79 Å². The van der Waals surface area contributed by atoms with Crippen LogP contribution in [0.15, 0.2) is 24.5 Å². The Balaban J connectivity index is 1.78. The molecule has 25 heavy (non-hydrogen) atoms. The lowest BCUT2D eigenvalue weighted by atomic mass is 10.1. The Bertz CT molecular complexity index is 944. The van der Waals surface area contributed by atoms with Gasteiger partial charge >= 0.3 is 0 Å². The Morgan fingerprint density at radius 1 is 1.32 bits per heavy atom. The second-order valence-electron chi connectivity index (χ2n) is 6.34. The number of carbonyl (C=O) groups is 1. The monoisotopic (exact) mass is 337 g/mol. The van der Waals surface area contributed by atoms with Gasteiger partial charge in [0.1, 0.15) is 29.0 Å². The molecule has 1 aliphatic carbocycles. The van der Waals surface area contributed by atoms with Crippen LogP contribution in [0.4, 0.5) is 0 Å². The van der Waals surface area contributed by atoms with Gasteiger partial charge in [0.05, 0.1) is 24.8 Å². The highest BCUT2D eigenvalue weighted by Gasteiger charge is 2.22. The van der Waals surface area contributed by atoms with Gasteiger partial charge in [-0.15, -0.1) is 0 Å². The Labute approximate surface area is 145 Å². The summed E-state index contributed by atoms with van der Waals surface area (Å²) in [7, 11) is 1.62. The summed E-state index contributed by atoms with van der Waals surface area (Å²) in [5.41, 5.74) is 4.21. The molecule has 0 spiro atoms. The van der Waals surface area contributed by atoms with Gasteiger partial charge in [-0.2, -0.15) is 0 Å². The molecular weight excluding hydrogens is 318 g/mol. The van der Waals surface area contributed by atoms with E-state index in [-0.39, 0.29) is 0 Å². The number of benzene rings is 1. The minimum Gasteiger partial charge on any atom is -0.496 e. The fourth-order valence-electron chi connectivity index (χ4n) is 2.94. The zero-order chi connectivity index (χ0) is 17.4. The number of hydrogen-bond acceptors (Lipinski definition) is 5. The van der Waals surface area contributed by atoms with Crippen molar-refractivity contribution in [2.75, 3.05) is 13.7 Å². The van der Waals surface area contributed by atoms with Crippen LogP contribution >= 0.6 is 0 Å². The van der Waals surface area contributed by atoms with Crippen LogP contribution in [0.2, 0.25) is 0 Å². The number of aldehydes is 1. The molecule has 2 aromatic heterocycles. The molecule has 1 aliphatic rings. The molecule has 1 N–H and O–H groups in total. The Kier molecular flexibility index (Phi) is 3.87. The van der Waals surface area contributed by atoms with Gasteiger partial charge in [0.2, 0.25) is 0 Å². The average Bonchev–Trinajstić information content (AvgIpc) is 3.40. The van der Waals surface area contributed by atoms with Crippen LogP contribution in [0.3, 0.4) is 0 Å². The molecule has 6 nitrogen and oxygen atoms in total. The molecule has 0 amide bonds. The third kappa shape index (κ3) is 2.84. The molecule has 3 aromatic rings. The first-order valence-corrected chi connectivity index (χ1v) is 8.31. The number of ether oxygens (including phenoxy) is 2. The van der Waals surface area contributed by atoms with Gasteiger partial charge in [0, 0.05) is 17.3 Å². The lowest BCUT2D eigenvalue weighted by Gasteiger charge is -2.12. The topological polar surface area (TPSA) is 77.1 Å². The molecule has 0 radical (unpaired) electrons. The first kappa shape index (κ1) is 15.6. The largest absolute Gasteiger partial charge is 0.496 e. The molecule has 6 heteroatoms. The molecule has 0 unspecified atom stereocenters. The number of aromatic nitrogens is 3. The van der Waals surface area contributed by atoms with E-state index in [1.54, 1.807) is 7.11 Å². The molecule has 2 heterocycles. The number of methoxy groups -OCH3 is 1. The predicted octanol–water partition coefficient (Wildman–Crippen LogP) is 3.54. The molecular formula is C19H19N3O3. The highest BCUT2D eigenvalue weighted by Crippen LogP contribution is 2.37. The van der Waals surface area contributed by atoms with Gasteiger partial charge in [-0.05, 0) is 37.8 Å². The second-order valence-corrected chi connectivity index (χ2v) is 6.34. The quantitative estimate of drug-likeness (QED) is 0.696. The maximum Gasteiger partial charge on any atom is 0.154 e. The standard InChI is InChI=1S/C19H19N3O3/c1-11-15(8-23)18-19(22-11)17(20-10-21-18)14-6-5-13(7-16(14)24-2)25-9-12-3-4-12/h5-8,10,12,22H,3-4,9H2,1-2H3. The maximum atomic E-state index is 11.3. The molecule has 128 valence electrons. The van der Waals surface area contributed by atoms with Crippen molar-refractivity contribution in [3.63, 3.8) is 0 Å². The third-order valence-electron chi connectivity index (χ3n) is 4.55. The summed E-state index contributed by atoms with van der Waals surface area (Å²) in [6, 6.07) is 5.73. The fourth-order valence-corrected chi connectivity index (χ4v) is 2.94. The van der Waals surface area contributed by atoms with Crippen molar-refractivity contribution >= 4 is 17.3 Å². The SMILES string of the molecule is COc1cc(OCC2CC2)ccc1-c1ncnc2c(C=O)c(C)[nH]c12. The van der Waals surface area contributed by atoms with Crippen molar-refractivity contribution in [1.29, 1.82) is 0 Å². The number of fused-ring (bicyclic) bond motifs is 1. The Hall–Kier alpha value is -2.89. The Morgan fingerprint density at radius 3 is 2.88 bits per heavy atom. The van der Waals surface area contributed by atoms with Crippen LogP contribution in [0.5, 0.6) is 11.5 Å². The van der Waals surface area contributed by atoms with Gasteiger partial charge in [-0.25, -0.2) is 9.97 Å². The highest BCUT2D eigenvalue weighted by atomic mass is 16.5. The molecule has 0 aliphatic heterocycles. The molecule has 0 saturated heterocycles. The molecule has 0 atom stereocenters. The van der Waals surface area contributed by atoms with E-state index in [2.05, 4.69) is 15.0 Å². The van der Waals surface area contributed by atoms with Crippen LogP contribution in [0.25, 0.3) is 22.3 Å². The van der Waals surface area contributed by atoms with E-state index >= 15 is 0 Å². The van der Waals surface area contributed by atoms with E-state index in [1.165, 1.54) is 19.2 Å². The zero-order valence-electron chi connectivity index (χ0n) is 14.2. The van der Waals surface area contributed by atoms with Gasteiger partial charge in [-0.3, -0.25) is 4.79 Å². The molecule has 1 aromatic carbocycles. The van der Waals surface area contributed by atoms with E-state index < -0.39 is 0 Å². The summed E-state index contributed by atoms with van der Waals surface area (Å²) in [5, 5.41) is 0. The number of hydrogen-bond donors (Lipinski definition) is 1. The number of carbonyl (C=O) groups excluding carboxylic acids is 1. The van der Waals surface area contributed by atoms with Crippen molar-refractivity contribution in [3.05, 3.63) is 35.8 Å². The number of nitrogens with zero attached hydrogens (tertiary/aromatic N) is 2. The summed E-state index contributed by atoms with van der Waals surface area (Å²) >= 11 is 0.